The van der Waals surface area contributed by atoms with Gasteiger partial charge in [0, 0.05) is 17.4 Å². The minimum atomic E-state index is -0.726. The monoisotopic (exact) mass is 266 g/mol. The molecule has 5 heteroatoms. The Labute approximate surface area is 68.9 Å². The van der Waals surface area contributed by atoms with Gasteiger partial charge in [0.05, 0.1) is 0 Å². The van der Waals surface area contributed by atoms with Crippen LogP contribution in [0.4, 0.5) is 4.79 Å². The molecule has 48 valence electrons. The molecule has 0 saturated heterocycles. The molecular formula is C3H4ClIO2S. The lowest BCUT2D eigenvalue weighted by atomic mass is 10.9. The van der Waals surface area contributed by atoms with E-state index in [0.29, 0.717) is 6.61 Å². The summed E-state index contributed by atoms with van der Waals surface area (Å²) in [7, 11) is 1.58. The first kappa shape index (κ1) is 8.84. The minimum Gasteiger partial charge on any atom is -0.453 e. The first-order chi connectivity index (χ1) is 3.77. The van der Waals surface area contributed by atoms with Gasteiger partial charge in [-0.25, -0.2) is 4.79 Å². The van der Waals surface area contributed by atoms with Crippen LogP contribution in [0.25, 0.3) is 0 Å². The molecule has 0 saturated carbocycles. The molecule has 0 aromatic carbocycles. The summed E-state index contributed by atoms with van der Waals surface area (Å²) in [6.07, 6.45) is 0. The van der Waals surface area contributed by atoms with Crippen LogP contribution in [0, 0.1) is 0 Å². The van der Waals surface area contributed by atoms with Crippen molar-refractivity contribution in [3.63, 3.8) is 0 Å². The Kier molecular flexibility index (Phi) is 6.59. The van der Waals surface area contributed by atoms with Gasteiger partial charge in [-0.3, -0.25) is 0 Å². The van der Waals surface area contributed by atoms with Crippen LogP contribution in [-0.2, 0) is 4.74 Å². The second-order valence-electron chi connectivity index (χ2n) is 0.899. The number of carbonyl (C=O) groups excluding carboxylic acids is 1. The van der Waals surface area contributed by atoms with E-state index < -0.39 is 5.43 Å². The smallest absolute Gasteiger partial charge is 0.403 e. The first-order valence-corrected chi connectivity index (χ1v) is 5.74. The van der Waals surface area contributed by atoms with Crippen molar-refractivity contribution in [3.05, 3.63) is 0 Å². The molecule has 0 radical (unpaired) electrons. The summed E-state index contributed by atoms with van der Waals surface area (Å²) in [5.74, 6) is 0.791. The SMILES string of the molecule is O=C(Cl)OCCSI. The Morgan fingerprint density at radius 3 is 2.88 bits per heavy atom. The summed E-state index contributed by atoms with van der Waals surface area (Å²) in [5.41, 5.74) is -0.726. The number of carbonyl (C=O) groups is 1. The molecule has 0 aliphatic carbocycles. The van der Waals surface area contributed by atoms with Gasteiger partial charge in [0.2, 0.25) is 0 Å². The highest BCUT2D eigenvalue weighted by atomic mass is 127. The predicted molar refractivity (Wildman–Crippen MR) is 43.7 cm³/mol. The Morgan fingerprint density at radius 1 is 1.88 bits per heavy atom. The number of hydrogen-bond donors (Lipinski definition) is 0. The summed E-state index contributed by atoms with van der Waals surface area (Å²) in [5, 5.41) is 0. The van der Waals surface area contributed by atoms with Gasteiger partial charge >= 0.3 is 5.43 Å². The topological polar surface area (TPSA) is 26.3 Å². The number of halogens is 2. The van der Waals surface area contributed by atoms with E-state index in [4.69, 9.17) is 11.6 Å². The maximum absolute atomic E-state index is 9.85. The summed E-state index contributed by atoms with van der Waals surface area (Å²) in [4.78, 5) is 9.85. The Morgan fingerprint density at radius 2 is 2.50 bits per heavy atom. The standard InChI is InChI=1S/C3H4ClIO2S/c4-3(6)7-1-2-8-5/h1-2H2. The average Bonchev–Trinajstić information content (AvgIpc) is 1.66. The van der Waals surface area contributed by atoms with E-state index in [1.165, 1.54) is 0 Å². The van der Waals surface area contributed by atoms with Gasteiger partial charge in [0.15, 0.2) is 0 Å². The lowest BCUT2D eigenvalue weighted by Crippen LogP contribution is -1.97. The van der Waals surface area contributed by atoms with E-state index in [0.717, 1.165) is 5.75 Å². The van der Waals surface area contributed by atoms with Gasteiger partial charge in [-0.2, -0.15) is 0 Å². The van der Waals surface area contributed by atoms with Gasteiger partial charge in [0.25, 0.3) is 0 Å². The normalized spacial score (nSPS) is 8.75. The third-order valence-corrected chi connectivity index (χ3v) is 2.13. The molecule has 0 amide bonds. The van der Waals surface area contributed by atoms with Crippen molar-refractivity contribution < 1.29 is 9.53 Å². The van der Waals surface area contributed by atoms with Gasteiger partial charge in [-0.1, -0.05) is 8.93 Å². The highest BCUT2D eigenvalue weighted by Gasteiger charge is 1.91. The first-order valence-electron chi connectivity index (χ1n) is 1.83. The Bertz CT molecular complexity index is 79.7. The molecule has 0 atom stereocenters. The zero-order valence-corrected chi connectivity index (χ0v) is 7.62. The van der Waals surface area contributed by atoms with Crippen LogP contribution in [0.1, 0.15) is 0 Å². The quantitative estimate of drug-likeness (QED) is 0.446. The van der Waals surface area contributed by atoms with Crippen molar-refractivity contribution in [2.24, 2.45) is 0 Å². The largest absolute Gasteiger partial charge is 0.453 e. The molecule has 0 bridgehead atoms. The molecular weight excluding hydrogens is 262 g/mol. The van der Waals surface area contributed by atoms with Crippen LogP contribution in [0.3, 0.4) is 0 Å². The second-order valence-corrected chi connectivity index (χ2v) is 3.70. The Balaban J connectivity index is 2.82. The van der Waals surface area contributed by atoms with Crippen molar-refractivity contribution in [3.8, 4) is 0 Å². The fourth-order valence-corrected chi connectivity index (χ4v) is 0.916. The average molecular weight is 266 g/mol. The van der Waals surface area contributed by atoms with Crippen molar-refractivity contribution in [2.75, 3.05) is 12.4 Å². The predicted octanol–water partition coefficient (Wildman–Crippen LogP) is 2.45. The van der Waals surface area contributed by atoms with E-state index in [2.05, 4.69) is 25.9 Å². The maximum Gasteiger partial charge on any atom is 0.403 e. The zero-order valence-electron chi connectivity index (χ0n) is 3.89. The van der Waals surface area contributed by atoms with Gasteiger partial charge in [-0.05, 0) is 21.2 Å². The third-order valence-electron chi connectivity index (χ3n) is 0.376. The van der Waals surface area contributed by atoms with E-state index >= 15 is 0 Å². The molecule has 0 fully saturated rings. The van der Waals surface area contributed by atoms with Gasteiger partial charge < -0.3 is 4.74 Å². The van der Waals surface area contributed by atoms with Crippen molar-refractivity contribution in [2.45, 2.75) is 0 Å². The van der Waals surface area contributed by atoms with Crippen LogP contribution in [0.5, 0.6) is 0 Å². The van der Waals surface area contributed by atoms with E-state index in [1.807, 2.05) is 0 Å². The van der Waals surface area contributed by atoms with Crippen LogP contribution < -0.4 is 0 Å². The van der Waals surface area contributed by atoms with Crippen LogP contribution in [0.15, 0.2) is 0 Å². The van der Waals surface area contributed by atoms with Gasteiger partial charge in [-0.15, -0.1) is 0 Å². The summed E-state index contributed by atoms with van der Waals surface area (Å²) in [6.45, 7) is 0.399. The van der Waals surface area contributed by atoms with E-state index in [1.54, 1.807) is 8.93 Å². The fraction of sp³-hybridized carbons (Fsp3) is 0.667. The van der Waals surface area contributed by atoms with Crippen LogP contribution >= 0.6 is 41.7 Å². The molecule has 0 heterocycles. The molecule has 0 spiro atoms. The third kappa shape index (κ3) is 6.84. The van der Waals surface area contributed by atoms with Crippen LogP contribution in [-0.4, -0.2) is 17.8 Å². The molecule has 0 aromatic rings. The molecule has 0 N–H and O–H groups in total. The molecule has 0 unspecified atom stereocenters. The molecule has 0 aliphatic heterocycles. The molecule has 0 aromatic heterocycles. The minimum absolute atomic E-state index is 0.399. The molecule has 8 heavy (non-hydrogen) atoms. The van der Waals surface area contributed by atoms with Gasteiger partial charge in [0.1, 0.15) is 6.61 Å². The molecule has 2 nitrogen and oxygen atoms in total. The molecule has 0 aliphatic rings. The lowest BCUT2D eigenvalue weighted by Gasteiger charge is -1.93. The van der Waals surface area contributed by atoms with E-state index in [9.17, 15) is 4.79 Å². The number of ether oxygens (including phenoxy) is 1. The van der Waals surface area contributed by atoms with Crippen LogP contribution in [0.2, 0.25) is 0 Å². The molecule has 0 rings (SSSR count). The highest BCUT2D eigenvalue weighted by Crippen LogP contribution is 2.09. The van der Waals surface area contributed by atoms with Crippen molar-refractivity contribution >= 4 is 47.2 Å². The van der Waals surface area contributed by atoms with Crippen molar-refractivity contribution in [1.82, 2.24) is 0 Å². The second kappa shape index (κ2) is 5.97. The highest BCUT2D eigenvalue weighted by molar-refractivity contribution is 14.2. The Hall–Kier alpha value is 0.840. The van der Waals surface area contributed by atoms with E-state index in [-0.39, 0.29) is 0 Å². The summed E-state index contributed by atoms with van der Waals surface area (Å²) in [6, 6.07) is 0. The summed E-state index contributed by atoms with van der Waals surface area (Å²) >= 11 is 6.96. The van der Waals surface area contributed by atoms with Crippen molar-refractivity contribution in [1.29, 1.82) is 0 Å². The maximum atomic E-state index is 9.85. The number of rotatable bonds is 3. The summed E-state index contributed by atoms with van der Waals surface area (Å²) < 4.78 is 4.38. The lowest BCUT2D eigenvalue weighted by molar-refractivity contribution is 0.181. The number of hydrogen-bond acceptors (Lipinski definition) is 3. The zero-order chi connectivity index (χ0) is 6.41. The fourth-order valence-electron chi connectivity index (χ4n) is 0.153.